The Kier molecular flexibility index (Phi) is 7.13. The maximum absolute atomic E-state index is 14.0. The monoisotopic (exact) mass is 552 g/mol. The van der Waals surface area contributed by atoms with Crippen molar-refractivity contribution in [3.63, 3.8) is 0 Å². The first-order valence-electron chi connectivity index (χ1n) is 12.9. The van der Waals surface area contributed by atoms with Crippen LogP contribution in [0.1, 0.15) is 32.7 Å². The summed E-state index contributed by atoms with van der Waals surface area (Å²) >= 11 is 0. The molecule has 1 fully saturated rings. The molecule has 1 amide bonds. The quantitative estimate of drug-likeness (QED) is 0.389. The number of carbonyl (C=O) groups is 1. The predicted molar refractivity (Wildman–Crippen MR) is 147 cm³/mol. The van der Waals surface area contributed by atoms with Gasteiger partial charge in [-0.25, -0.2) is 4.68 Å². The number of halogens is 3. The third kappa shape index (κ3) is 5.31. The van der Waals surface area contributed by atoms with Crippen LogP contribution in [0.3, 0.4) is 0 Å². The Bertz CT molecular complexity index is 1560. The van der Waals surface area contributed by atoms with Gasteiger partial charge in [0.15, 0.2) is 0 Å². The van der Waals surface area contributed by atoms with E-state index in [9.17, 15) is 18.0 Å². The van der Waals surface area contributed by atoms with Crippen molar-refractivity contribution in [3.8, 4) is 16.9 Å². The molecule has 210 valence electrons. The fourth-order valence-corrected chi connectivity index (χ4v) is 4.90. The molecule has 3 heterocycles. The van der Waals surface area contributed by atoms with E-state index >= 15 is 0 Å². The van der Waals surface area contributed by atoms with E-state index in [0.29, 0.717) is 30.2 Å². The lowest BCUT2D eigenvalue weighted by molar-refractivity contribution is -0.138. The SMILES string of the molecule is Cc1ccc(C(=O)Nc2cc(N3CCN(C)CC3)c(C)c(C(F)(F)F)c2)cc1-n1cc(-c2cnn(C)c2C)nn1. The van der Waals surface area contributed by atoms with Crippen LogP contribution < -0.4 is 10.2 Å². The topological polar surface area (TPSA) is 84.1 Å². The van der Waals surface area contributed by atoms with Gasteiger partial charge in [-0.1, -0.05) is 11.3 Å². The van der Waals surface area contributed by atoms with E-state index in [1.165, 1.54) is 6.92 Å². The fourth-order valence-electron chi connectivity index (χ4n) is 4.90. The van der Waals surface area contributed by atoms with Crippen LogP contribution in [0.2, 0.25) is 0 Å². The molecule has 0 bridgehead atoms. The molecule has 0 spiro atoms. The summed E-state index contributed by atoms with van der Waals surface area (Å²) in [5.74, 6) is -0.522. The number of hydrogen-bond acceptors (Lipinski definition) is 6. The van der Waals surface area contributed by atoms with Crippen molar-refractivity contribution in [1.82, 2.24) is 29.7 Å². The van der Waals surface area contributed by atoms with Gasteiger partial charge in [-0.3, -0.25) is 9.48 Å². The van der Waals surface area contributed by atoms with Gasteiger partial charge in [0, 0.05) is 61.4 Å². The first kappa shape index (κ1) is 27.4. The summed E-state index contributed by atoms with van der Waals surface area (Å²) in [6, 6.07) is 7.69. The van der Waals surface area contributed by atoms with Crippen molar-refractivity contribution in [2.75, 3.05) is 43.4 Å². The smallest absolute Gasteiger partial charge is 0.369 e. The van der Waals surface area contributed by atoms with Gasteiger partial charge in [0.1, 0.15) is 5.69 Å². The molecule has 2 aromatic carbocycles. The average molecular weight is 553 g/mol. The minimum atomic E-state index is -4.55. The van der Waals surface area contributed by atoms with Gasteiger partial charge in [-0.2, -0.15) is 18.3 Å². The molecule has 9 nitrogen and oxygen atoms in total. The van der Waals surface area contributed by atoms with Crippen LogP contribution in [-0.2, 0) is 13.2 Å². The molecule has 2 aromatic heterocycles. The summed E-state index contributed by atoms with van der Waals surface area (Å²) in [6.07, 6.45) is -1.08. The summed E-state index contributed by atoms with van der Waals surface area (Å²) in [6.45, 7) is 7.99. The second-order valence-corrected chi connectivity index (χ2v) is 10.2. The summed E-state index contributed by atoms with van der Waals surface area (Å²) < 4.78 is 45.2. The number of hydrogen-bond donors (Lipinski definition) is 1. The normalized spacial score (nSPS) is 14.6. The highest BCUT2D eigenvalue weighted by molar-refractivity contribution is 6.05. The number of aromatic nitrogens is 5. The molecule has 40 heavy (non-hydrogen) atoms. The maximum atomic E-state index is 14.0. The van der Waals surface area contributed by atoms with Gasteiger partial charge >= 0.3 is 6.18 Å². The molecular formula is C28H31F3N8O. The van der Waals surface area contributed by atoms with Gasteiger partial charge in [-0.05, 0) is 63.2 Å². The molecule has 0 radical (unpaired) electrons. The molecular weight excluding hydrogens is 521 g/mol. The Morgan fingerprint density at radius 3 is 2.35 bits per heavy atom. The van der Waals surface area contributed by atoms with Gasteiger partial charge in [-0.15, -0.1) is 5.10 Å². The Morgan fingerprint density at radius 2 is 1.70 bits per heavy atom. The number of alkyl halides is 3. The molecule has 1 aliphatic rings. The first-order chi connectivity index (χ1) is 18.9. The van der Waals surface area contributed by atoms with Gasteiger partial charge in [0.25, 0.3) is 5.91 Å². The minimum Gasteiger partial charge on any atom is -0.369 e. The number of piperazine rings is 1. The number of anilines is 2. The van der Waals surface area contributed by atoms with E-state index in [2.05, 4.69) is 25.6 Å². The third-order valence-electron chi connectivity index (χ3n) is 7.51. The molecule has 0 unspecified atom stereocenters. The molecule has 0 atom stereocenters. The van der Waals surface area contributed by atoms with E-state index in [1.54, 1.807) is 46.0 Å². The van der Waals surface area contributed by atoms with E-state index in [-0.39, 0.29) is 16.8 Å². The Hall–Kier alpha value is -4.19. The van der Waals surface area contributed by atoms with Crippen LogP contribution in [0.15, 0.2) is 42.7 Å². The lowest BCUT2D eigenvalue weighted by Crippen LogP contribution is -2.44. The lowest BCUT2D eigenvalue weighted by atomic mass is 10.0. The highest BCUT2D eigenvalue weighted by atomic mass is 19.4. The molecule has 5 rings (SSSR count). The minimum absolute atomic E-state index is 0.0917. The van der Waals surface area contributed by atoms with E-state index in [1.807, 2.05) is 32.8 Å². The van der Waals surface area contributed by atoms with Crippen molar-refractivity contribution in [2.24, 2.45) is 7.05 Å². The second kappa shape index (κ2) is 10.4. The van der Waals surface area contributed by atoms with Crippen molar-refractivity contribution in [3.05, 3.63) is 70.7 Å². The van der Waals surface area contributed by atoms with E-state index in [0.717, 1.165) is 36.0 Å². The molecule has 1 N–H and O–H groups in total. The second-order valence-electron chi connectivity index (χ2n) is 10.2. The average Bonchev–Trinajstić information content (AvgIpc) is 3.51. The molecule has 4 aromatic rings. The zero-order valence-electron chi connectivity index (χ0n) is 23.0. The summed E-state index contributed by atoms with van der Waals surface area (Å²) in [7, 11) is 3.83. The van der Waals surface area contributed by atoms with Crippen LogP contribution in [-0.4, -0.2) is 68.8 Å². The van der Waals surface area contributed by atoms with Gasteiger partial charge < -0.3 is 15.1 Å². The number of benzene rings is 2. The van der Waals surface area contributed by atoms with Crippen LogP contribution in [0.5, 0.6) is 0 Å². The Balaban J connectivity index is 1.44. The number of amides is 1. The fraction of sp³-hybridized carbons (Fsp3) is 0.357. The molecule has 1 aliphatic heterocycles. The van der Waals surface area contributed by atoms with Crippen LogP contribution in [0.25, 0.3) is 16.9 Å². The van der Waals surface area contributed by atoms with Crippen molar-refractivity contribution < 1.29 is 18.0 Å². The number of carbonyl (C=O) groups excluding carboxylic acids is 1. The van der Waals surface area contributed by atoms with Crippen molar-refractivity contribution in [2.45, 2.75) is 26.9 Å². The zero-order valence-corrected chi connectivity index (χ0v) is 23.0. The highest BCUT2D eigenvalue weighted by Gasteiger charge is 2.35. The summed E-state index contributed by atoms with van der Waals surface area (Å²) in [4.78, 5) is 17.4. The number of nitrogens with zero attached hydrogens (tertiary/aromatic N) is 7. The number of likely N-dealkylation sites (N-methyl/N-ethyl adjacent to an activating group) is 1. The molecule has 1 saturated heterocycles. The van der Waals surface area contributed by atoms with Crippen LogP contribution >= 0.6 is 0 Å². The first-order valence-corrected chi connectivity index (χ1v) is 12.9. The van der Waals surface area contributed by atoms with Gasteiger partial charge in [0.2, 0.25) is 0 Å². The Labute approximate surface area is 230 Å². The number of nitrogens with one attached hydrogen (secondary N) is 1. The van der Waals surface area contributed by atoms with E-state index in [4.69, 9.17) is 0 Å². The summed E-state index contributed by atoms with van der Waals surface area (Å²) in [5.41, 5.74) is 4.14. The maximum Gasteiger partial charge on any atom is 0.416 e. The van der Waals surface area contributed by atoms with Crippen LogP contribution in [0.4, 0.5) is 24.5 Å². The third-order valence-corrected chi connectivity index (χ3v) is 7.51. The standard InChI is InChI=1S/C28H31F3N8O/c1-17-6-7-20(12-25(17)39-16-24(34-35-39)22-15-32-37(5)19(22)3)27(40)33-21-13-23(28(29,30)31)18(2)26(14-21)38-10-8-36(4)9-11-38/h6-7,12-16H,8-11H2,1-5H3,(H,33,40). The van der Waals surface area contributed by atoms with Gasteiger partial charge in [0.05, 0.1) is 23.6 Å². The predicted octanol–water partition coefficient (Wildman–Crippen LogP) is 4.62. The van der Waals surface area contributed by atoms with Crippen molar-refractivity contribution >= 4 is 17.3 Å². The Morgan fingerprint density at radius 1 is 0.975 bits per heavy atom. The number of rotatable bonds is 5. The zero-order chi connectivity index (χ0) is 28.8. The highest BCUT2D eigenvalue weighted by Crippen LogP contribution is 2.39. The van der Waals surface area contributed by atoms with Crippen molar-refractivity contribution in [1.29, 1.82) is 0 Å². The molecule has 0 saturated carbocycles. The molecule has 12 heteroatoms. The largest absolute Gasteiger partial charge is 0.416 e. The summed E-state index contributed by atoms with van der Waals surface area (Å²) in [5, 5.41) is 15.4. The lowest BCUT2D eigenvalue weighted by Gasteiger charge is -2.35. The molecule has 0 aliphatic carbocycles. The van der Waals surface area contributed by atoms with Crippen LogP contribution in [0, 0.1) is 20.8 Å². The number of aryl methyl sites for hydroxylation is 2. The van der Waals surface area contributed by atoms with E-state index < -0.39 is 17.6 Å².